The van der Waals surface area contributed by atoms with Crippen molar-refractivity contribution in [3.8, 4) is 0 Å². The highest BCUT2D eigenvalue weighted by molar-refractivity contribution is 7.46. The Morgan fingerprint density at radius 2 is 1.57 bits per heavy atom. The van der Waals surface area contributed by atoms with Crippen LogP contribution in [0.4, 0.5) is 9.59 Å². The fourth-order valence-corrected chi connectivity index (χ4v) is 7.29. The molecule has 0 saturated carbocycles. The number of phosphoric ester groups is 1. The van der Waals surface area contributed by atoms with E-state index in [1.165, 1.54) is 27.6 Å². The molecule has 2 heterocycles. The van der Waals surface area contributed by atoms with Gasteiger partial charge in [0.05, 0.1) is 29.4 Å². The number of carbonyl (C=O) groups is 3. The normalized spacial score (nSPS) is 13.8. The third-order valence-corrected chi connectivity index (χ3v) is 11.0. The van der Waals surface area contributed by atoms with E-state index in [4.69, 9.17) is 9.47 Å². The van der Waals surface area contributed by atoms with Crippen molar-refractivity contribution in [2.75, 3.05) is 13.8 Å². The maximum absolute atomic E-state index is 14.1. The van der Waals surface area contributed by atoms with Crippen LogP contribution in [0.25, 0.3) is 0 Å². The highest BCUT2D eigenvalue weighted by Gasteiger charge is 2.33. The molecule has 0 aliphatic carbocycles. The zero-order valence-corrected chi connectivity index (χ0v) is 34.6. The van der Waals surface area contributed by atoms with Gasteiger partial charge >= 0.3 is 19.9 Å². The first-order chi connectivity index (χ1) is 26.7. The first-order valence-electron chi connectivity index (χ1n) is 18.1. The summed E-state index contributed by atoms with van der Waals surface area (Å²) < 4.78 is 27.8. The molecule has 0 fully saturated rings. The molecule has 4 atom stereocenters. The fourth-order valence-electron chi connectivity index (χ4n) is 5.74. The largest absolute Gasteiger partial charge is 0.471 e. The average Bonchev–Trinajstić information content (AvgIpc) is 3.85. The zero-order valence-electron chi connectivity index (χ0n) is 32.1. The number of rotatable bonds is 21. The van der Waals surface area contributed by atoms with Crippen molar-refractivity contribution in [3.05, 3.63) is 104 Å². The second-order valence-electron chi connectivity index (χ2n) is 13.9. The quantitative estimate of drug-likeness (QED) is 0.0488. The molecule has 0 unspecified atom stereocenters. The topological polar surface area (TPSA) is 202 Å². The summed E-state index contributed by atoms with van der Waals surface area (Å²) in [6.07, 6.45) is 0.460. The molecule has 2 aromatic heterocycles. The first kappa shape index (κ1) is 44.5. The van der Waals surface area contributed by atoms with E-state index in [2.05, 4.69) is 44.3 Å². The molecule has 4 amide bonds. The van der Waals surface area contributed by atoms with Crippen LogP contribution in [0, 0.1) is 5.92 Å². The van der Waals surface area contributed by atoms with Crippen LogP contribution in [0.15, 0.2) is 77.6 Å². The second-order valence-corrected chi connectivity index (χ2v) is 17.0. The molecule has 18 heteroatoms. The Labute approximate surface area is 335 Å². The van der Waals surface area contributed by atoms with Crippen molar-refractivity contribution >= 4 is 48.5 Å². The monoisotopic (exact) mass is 830 g/mol. The van der Waals surface area contributed by atoms with Crippen LogP contribution < -0.4 is 16.0 Å². The molecule has 4 aromatic rings. The Bertz CT molecular complexity index is 1840. The summed E-state index contributed by atoms with van der Waals surface area (Å²) in [5, 5.41) is 14.1. The maximum Gasteiger partial charge on any atom is 0.471 e. The molecule has 2 aromatic carbocycles. The molecule has 0 aliphatic rings. The molecule has 56 heavy (non-hydrogen) atoms. The number of nitrogens with zero attached hydrogens (tertiary/aromatic N) is 3. The van der Waals surface area contributed by atoms with E-state index in [9.17, 15) is 28.7 Å². The summed E-state index contributed by atoms with van der Waals surface area (Å²) in [5.41, 5.74) is 2.47. The van der Waals surface area contributed by atoms with Gasteiger partial charge in [-0.25, -0.2) is 24.1 Å². The van der Waals surface area contributed by atoms with E-state index in [1.807, 2.05) is 79.9 Å². The van der Waals surface area contributed by atoms with Gasteiger partial charge in [0.25, 0.3) is 0 Å². The van der Waals surface area contributed by atoms with E-state index in [0.717, 1.165) is 21.8 Å². The van der Waals surface area contributed by atoms with Gasteiger partial charge in [-0.2, -0.15) is 0 Å². The number of ether oxygens (including phenoxy) is 2. The number of amides is 4. The van der Waals surface area contributed by atoms with E-state index in [0.29, 0.717) is 11.4 Å². The van der Waals surface area contributed by atoms with E-state index < -0.39 is 56.9 Å². The van der Waals surface area contributed by atoms with Crippen molar-refractivity contribution in [2.45, 2.75) is 90.3 Å². The molecule has 0 spiro atoms. The van der Waals surface area contributed by atoms with Crippen LogP contribution in [0.3, 0.4) is 0 Å². The standard InChI is InChI=1S/C38H51N6O9PS2/c1-25(2)34(43-37(46)44(5)21-30-23-56-36(41-30)26(3)4)35(45)40-29(18-27-12-8-6-9-13-27)20-32(52-24-53-54(48,49)50)31(19-28-14-10-7-11-15-28)42-38(47)51-22-33-39-16-17-55-33/h6-17,23,25-26,29,31-32,34H,18-22,24H2,1-5H3,(H,40,45)(H,42,47)(H,43,46)(H2,48,49,50)/t29-,31-,32-,34-/m0/s1. The number of hydrogen-bond acceptors (Lipinski definition) is 11. The molecule has 15 nitrogen and oxygen atoms in total. The zero-order chi connectivity index (χ0) is 40.7. The van der Waals surface area contributed by atoms with Crippen LogP contribution in [-0.2, 0) is 49.4 Å². The second kappa shape index (κ2) is 21.9. The van der Waals surface area contributed by atoms with E-state index in [1.54, 1.807) is 18.6 Å². The summed E-state index contributed by atoms with van der Waals surface area (Å²) in [7, 11) is -3.29. The minimum absolute atomic E-state index is 0.0517. The van der Waals surface area contributed by atoms with Crippen LogP contribution in [0.2, 0.25) is 0 Å². The molecular formula is C38H51N6O9PS2. The highest BCUT2D eigenvalue weighted by Crippen LogP contribution is 2.35. The number of thiazole rings is 2. The minimum atomic E-state index is -4.93. The van der Waals surface area contributed by atoms with Crippen LogP contribution in [0.1, 0.15) is 66.9 Å². The summed E-state index contributed by atoms with van der Waals surface area (Å²) in [6, 6.07) is 15.8. The number of nitrogens with one attached hydrogen (secondary N) is 3. The van der Waals surface area contributed by atoms with Gasteiger partial charge in [-0.1, -0.05) is 88.4 Å². The number of carbonyl (C=O) groups excluding carboxylic acids is 3. The van der Waals surface area contributed by atoms with Crippen molar-refractivity contribution < 1.29 is 42.7 Å². The number of hydrogen-bond donors (Lipinski definition) is 5. The number of phosphoric acid groups is 1. The van der Waals surface area contributed by atoms with Gasteiger partial charge < -0.3 is 40.1 Å². The van der Waals surface area contributed by atoms with Crippen molar-refractivity contribution in [3.63, 3.8) is 0 Å². The summed E-state index contributed by atoms with van der Waals surface area (Å²) >= 11 is 2.87. The molecule has 304 valence electrons. The predicted molar refractivity (Wildman–Crippen MR) is 214 cm³/mol. The van der Waals surface area contributed by atoms with Crippen LogP contribution >= 0.6 is 30.5 Å². The Balaban J connectivity index is 1.58. The Hall–Kier alpha value is -4.22. The third kappa shape index (κ3) is 15.4. The van der Waals surface area contributed by atoms with Gasteiger partial charge in [-0.15, -0.1) is 22.7 Å². The lowest BCUT2D eigenvalue weighted by Gasteiger charge is -2.33. The predicted octanol–water partition coefficient (Wildman–Crippen LogP) is 6.00. The van der Waals surface area contributed by atoms with Gasteiger partial charge in [0.15, 0.2) is 6.79 Å². The Morgan fingerprint density at radius 1 is 0.911 bits per heavy atom. The van der Waals surface area contributed by atoms with Crippen molar-refractivity contribution in [1.82, 2.24) is 30.8 Å². The van der Waals surface area contributed by atoms with Crippen LogP contribution in [-0.4, -0.2) is 80.8 Å². The van der Waals surface area contributed by atoms with Crippen molar-refractivity contribution in [1.29, 1.82) is 0 Å². The molecule has 0 radical (unpaired) electrons. The lowest BCUT2D eigenvalue weighted by atomic mass is 9.93. The lowest BCUT2D eigenvalue weighted by molar-refractivity contribution is -0.125. The van der Waals surface area contributed by atoms with E-state index in [-0.39, 0.29) is 37.8 Å². The van der Waals surface area contributed by atoms with Gasteiger partial charge in [-0.05, 0) is 36.3 Å². The Morgan fingerprint density at radius 3 is 2.14 bits per heavy atom. The summed E-state index contributed by atoms with van der Waals surface area (Å²) in [6.45, 7) is 7.15. The van der Waals surface area contributed by atoms with Gasteiger partial charge in [-0.3, -0.25) is 9.32 Å². The van der Waals surface area contributed by atoms with Gasteiger partial charge in [0.1, 0.15) is 17.7 Å². The number of benzene rings is 2. The smallest absolute Gasteiger partial charge is 0.442 e. The molecule has 4 rings (SSSR count). The molecule has 0 saturated heterocycles. The lowest BCUT2D eigenvalue weighted by Crippen LogP contribution is -2.56. The average molecular weight is 831 g/mol. The molecule has 5 N–H and O–H groups in total. The maximum atomic E-state index is 14.1. The number of alkyl carbamates (subject to hydrolysis) is 1. The Kier molecular flexibility index (Phi) is 17.4. The first-order valence-corrected chi connectivity index (χ1v) is 21.4. The molecular weight excluding hydrogens is 780 g/mol. The molecule has 0 aliphatic heterocycles. The highest BCUT2D eigenvalue weighted by atomic mass is 32.1. The summed E-state index contributed by atoms with van der Waals surface area (Å²) in [4.78, 5) is 69.9. The molecule has 0 bridgehead atoms. The fraction of sp³-hybridized carbons (Fsp3) is 0.447. The van der Waals surface area contributed by atoms with E-state index >= 15 is 0 Å². The minimum Gasteiger partial charge on any atom is -0.442 e. The van der Waals surface area contributed by atoms with Crippen LogP contribution in [0.5, 0.6) is 0 Å². The van der Waals surface area contributed by atoms with Crippen molar-refractivity contribution in [2.24, 2.45) is 5.92 Å². The van der Waals surface area contributed by atoms with Gasteiger partial charge in [0, 0.05) is 36.0 Å². The number of urea groups is 1. The SMILES string of the molecule is CC(C)c1nc(CN(C)C(=O)N[C@H](C(=O)N[C@@H](Cc2ccccc2)C[C@H](OCOP(=O)(O)O)[C@H](Cc2ccccc2)NC(=O)OCc2nccs2)C(C)C)cs1. The summed E-state index contributed by atoms with van der Waals surface area (Å²) in [5.74, 6) is -0.485. The number of aromatic nitrogens is 2. The third-order valence-electron chi connectivity index (χ3n) is 8.59. The van der Waals surface area contributed by atoms with Gasteiger partial charge in [0.2, 0.25) is 5.91 Å².